The fraction of sp³-hybridized carbons (Fsp3) is 0.200. The van der Waals surface area contributed by atoms with Crippen LogP contribution in [0.4, 0.5) is 8.78 Å². The molecule has 2 aromatic rings. The molecule has 1 heterocycles. The fourth-order valence-corrected chi connectivity index (χ4v) is 1.37. The zero-order valence-electron chi connectivity index (χ0n) is 8.27. The monoisotopic (exact) mass is 225 g/mol. The molecule has 0 bridgehead atoms. The Hall–Kier alpha value is -1.82. The van der Waals surface area contributed by atoms with Gasteiger partial charge in [0.15, 0.2) is 5.82 Å². The van der Waals surface area contributed by atoms with Crippen LogP contribution in [0.2, 0.25) is 0 Å². The number of hydrogen-bond acceptors (Lipinski definition) is 3. The van der Waals surface area contributed by atoms with Gasteiger partial charge in [-0.15, -0.1) is 10.2 Å². The van der Waals surface area contributed by atoms with Crippen molar-refractivity contribution in [3.63, 3.8) is 0 Å². The summed E-state index contributed by atoms with van der Waals surface area (Å²) in [5.41, 5.74) is 0.316. The van der Waals surface area contributed by atoms with Crippen molar-refractivity contribution in [2.24, 2.45) is 0 Å². The van der Waals surface area contributed by atoms with Crippen molar-refractivity contribution in [2.75, 3.05) is 0 Å². The van der Waals surface area contributed by atoms with Crippen molar-refractivity contribution in [3.8, 4) is 0 Å². The molecule has 4 nitrogen and oxygen atoms in total. The Morgan fingerprint density at radius 1 is 1.31 bits per heavy atom. The number of benzene rings is 1. The molecule has 84 valence electrons. The predicted molar refractivity (Wildman–Crippen MR) is 51.4 cm³/mol. The highest BCUT2D eigenvalue weighted by Gasteiger charge is 2.07. The van der Waals surface area contributed by atoms with Gasteiger partial charge in [-0.05, 0) is 6.07 Å². The highest BCUT2D eigenvalue weighted by Crippen LogP contribution is 2.11. The largest absolute Gasteiger partial charge is 0.388 e. The first kappa shape index (κ1) is 10.7. The molecule has 16 heavy (non-hydrogen) atoms. The minimum absolute atomic E-state index is 0.162. The van der Waals surface area contributed by atoms with E-state index < -0.39 is 11.6 Å². The van der Waals surface area contributed by atoms with Crippen LogP contribution in [0.5, 0.6) is 0 Å². The normalized spacial score (nSPS) is 10.7. The summed E-state index contributed by atoms with van der Waals surface area (Å²) >= 11 is 0. The Kier molecular flexibility index (Phi) is 2.91. The number of halogens is 2. The highest BCUT2D eigenvalue weighted by molar-refractivity contribution is 5.19. The van der Waals surface area contributed by atoms with Crippen molar-refractivity contribution in [1.29, 1.82) is 0 Å². The molecule has 2 rings (SSSR count). The minimum atomic E-state index is -0.627. The number of aliphatic hydroxyl groups excluding tert-OH is 1. The summed E-state index contributed by atoms with van der Waals surface area (Å²) in [5.74, 6) is -0.909. The summed E-state index contributed by atoms with van der Waals surface area (Å²) in [6, 6.07) is 3.35. The van der Waals surface area contributed by atoms with Crippen LogP contribution in [-0.4, -0.2) is 19.9 Å². The van der Waals surface area contributed by atoms with Gasteiger partial charge in [0.25, 0.3) is 0 Å². The molecule has 1 aromatic carbocycles. The van der Waals surface area contributed by atoms with Gasteiger partial charge in [0.05, 0.1) is 6.54 Å². The van der Waals surface area contributed by atoms with Gasteiger partial charge < -0.3 is 9.67 Å². The van der Waals surface area contributed by atoms with E-state index in [-0.39, 0.29) is 13.2 Å². The summed E-state index contributed by atoms with van der Waals surface area (Å²) in [6.07, 6.45) is 1.38. The van der Waals surface area contributed by atoms with Gasteiger partial charge in [-0.25, -0.2) is 8.78 Å². The molecule has 0 aliphatic heterocycles. The number of hydrogen-bond donors (Lipinski definition) is 1. The summed E-state index contributed by atoms with van der Waals surface area (Å²) < 4.78 is 27.5. The van der Waals surface area contributed by atoms with Crippen LogP contribution >= 0.6 is 0 Å². The molecule has 1 aromatic heterocycles. The smallest absolute Gasteiger partial charge is 0.158 e. The lowest BCUT2D eigenvalue weighted by Gasteiger charge is -2.06. The molecule has 0 saturated heterocycles. The van der Waals surface area contributed by atoms with E-state index >= 15 is 0 Å². The SMILES string of the molecule is OCc1nncn1Cc1ccc(F)cc1F. The summed E-state index contributed by atoms with van der Waals surface area (Å²) in [7, 11) is 0. The van der Waals surface area contributed by atoms with E-state index in [1.165, 1.54) is 23.0 Å². The average molecular weight is 225 g/mol. The molecule has 0 unspecified atom stereocenters. The van der Waals surface area contributed by atoms with Crippen molar-refractivity contribution < 1.29 is 13.9 Å². The molecular formula is C10H9F2N3O. The third-order valence-corrected chi connectivity index (χ3v) is 2.19. The topological polar surface area (TPSA) is 50.9 Å². The first-order valence-electron chi connectivity index (χ1n) is 4.62. The van der Waals surface area contributed by atoms with E-state index in [0.717, 1.165) is 6.07 Å². The van der Waals surface area contributed by atoms with Crippen LogP contribution in [0.15, 0.2) is 24.5 Å². The zero-order chi connectivity index (χ0) is 11.5. The highest BCUT2D eigenvalue weighted by atomic mass is 19.1. The van der Waals surface area contributed by atoms with E-state index in [0.29, 0.717) is 11.4 Å². The van der Waals surface area contributed by atoms with Gasteiger partial charge in [0, 0.05) is 11.6 Å². The Bertz CT molecular complexity index is 499. The summed E-state index contributed by atoms with van der Waals surface area (Å²) in [5, 5.41) is 16.2. The molecule has 6 heteroatoms. The van der Waals surface area contributed by atoms with E-state index in [9.17, 15) is 8.78 Å². The molecule has 0 fully saturated rings. The third kappa shape index (κ3) is 2.06. The second kappa shape index (κ2) is 4.36. The van der Waals surface area contributed by atoms with E-state index in [4.69, 9.17) is 5.11 Å². The van der Waals surface area contributed by atoms with Crippen molar-refractivity contribution >= 4 is 0 Å². The van der Waals surface area contributed by atoms with E-state index in [1.807, 2.05) is 0 Å². The second-order valence-electron chi connectivity index (χ2n) is 3.27. The van der Waals surface area contributed by atoms with Gasteiger partial charge in [-0.3, -0.25) is 0 Å². The van der Waals surface area contributed by atoms with Crippen LogP contribution in [0, 0.1) is 11.6 Å². The zero-order valence-corrected chi connectivity index (χ0v) is 8.27. The van der Waals surface area contributed by atoms with Crippen molar-refractivity contribution in [1.82, 2.24) is 14.8 Å². The molecule has 0 amide bonds. The van der Waals surface area contributed by atoms with Gasteiger partial charge in [-0.2, -0.15) is 0 Å². The number of nitrogens with zero attached hydrogens (tertiary/aromatic N) is 3. The van der Waals surface area contributed by atoms with Gasteiger partial charge in [0.2, 0.25) is 0 Å². The number of aliphatic hydroxyl groups is 1. The van der Waals surface area contributed by atoms with Crippen LogP contribution in [0.1, 0.15) is 11.4 Å². The Balaban J connectivity index is 2.27. The minimum Gasteiger partial charge on any atom is -0.388 e. The molecule has 0 atom stereocenters. The van der Waals surface area contributed by atoms with Gasteiger partial charge in [0.1, 0.15) is 24.6 Å². The maximum Gasteiger partial charge on any atom is 0.158 e. The number of rotatable bonds is 3. The Morgan fingerprint density at radius 2 is 2.12 bits per heavy atom. The molecule has 0 radical (unpaired) electrons. The Labute approximate surface area is 90.2 Å². The maximum atomic E-state index is 13.3. The van der Waals surface area contributed by atoms with Crippen LogP contribution in [-0.2, 0) is 13.2 Å². The molecule has 1 N–H and O–H groups in total. The quantitative estimate of drug-likeness (QED) is 0.850. The summed E-state index contributed by atoms with van der Waals surface area (Å²) in [4.78, 5) is 0. The fourth-order valence-electron chi connectivity index (χ4n) is 1.37. The lowest BCUT2D eigenvalue weighted by Crippen LogP contribution is -2.05. The van der Waals surface area contributed by atoms with E-state index in [2.05, 4.69) is 10.2 Å². The van der Waals surface area contributed by atoms with Gasteiger partial charge >= 0.3 is 0 Å². The van der Waals surface area contributed by atoms with Crippen molar-refractivity contribution in [3.05, 3.63) is 47.5 Å². The maximum absolute atomic E-state index is 13.3. The number of aromatic nitrogens is 3. The molecule has 0 saturated carbocycles. The lowest BCUT2D eigenvalue weighted by molar-refractivity contribution is 0.265. The summed E-state index contributed by atoms with van der Waals surface area (Å²) in [6.45, 7) is -0.113. The third-order valence-electron chi connectivity index (χ3n) is 2.19. The average Bonchev–Trinajstić information content (AvgIpc) is 2.69. The molecule has 0 spiro atoms. The van der Waals surface area contributed by atoms with Crippen molar-refractivity contribution in [2.45, 2.75) is 13.2 Å². The predicted octanol–water partition coefficient (Wildman–Crippen LogP) is 1.10. The molecule has 0 aliphatic carbocycles. The van der Waals surface area contributed by atoms with Crippen LogP contribution in [0.25, 0.3) is 0 Å². The lowest BCUT2D eigenvalue weighted by atomic mass is 10.2. The second-order valence-corrected chi connectivity index (χ2v) is 3.27. The first-order valence-corrected chi connectivity index (χ1v) is 4.62. The van der Waals surface area contributed by atoms with Crippen LogP contribution < -0.4 is 0 Å². The van der Waals surface area contributed by atoms with Crippen LogP contribution in [0.3, 0.4) is 0 Å². The molecular weight excluding hydrogens is 216 g/mol. The first-order chi connectivity index (χ1) is 7.70. The van der Waals surface area contributed by atoms with E-state index in [1.54, 1.807) is 0 Å². The van der Waals surface area contributed by atoms with Gasteiger partial charge in [-0.1, -0.05) is 6.07 Å². The Morgan fingerprint density at radius 3 is 2.81 bits per heavy atom. The molecule has 0 aliphatic rings. The standard InChI is InChI=1S/C10H9F2N3O/c11-8-2-1-7(9(12)3-8)4-15-6-13-14-10(15)5-16/h1-3,6,16H,4-5H2.